The number of piperazine rings is 1. The van der Waals surface area contributed by atoms with E-state index in [0.717, 1.165) is 5.56 Å². The summed E-state index contributed by atoms with van der Waals surface area (Å²) < 4.78 is 24.3. The second-order valence-corrected chi connectivity index (χ2v) is 8.06. The van der Waals surface area contributed by atoms with Crippen LogP contribution in [0.15, 0.2) is 24.3 Å². The summed E-state index contributed by atoms with van der Waals surface area (Å²) in [6.45, 7) is 3.71. The number of carbonyl (C=O) groups is 1. The minimum atomic E-state index is -3.18. The lowest BCUT2D eigenvalue weighted by Gasteiger charge is -2.33. The Morgan fingerprint density at radius 2 is 1.87 bits per heavy atom. The lowest BCUT2D eigenvalue weighted by atomic mass is 10.1. The zero-order valence-electron chi connectivity index (χ0n) is 13.3. The van der Waals surface area contributed by atoms with Crippen molar-refractivity contribution in [3.8, 4) is 0 Å². The van der Waals surface area contributed by atoms with Crippen molar-refractivity contribution in [3.63, 3.8) is 0 Å². The molecule has 0 saturated carbocycles. The average Bonchev–Trinajstić information content (AvgIpc) is 2.52. The molecule has 128 valence electrons. The van der Waals surface area contributed by atoms with Crippen LogP contribution >= 0.6 is 11.6 Å². The molecule has 0 aliphatic carbocycles. The van der Waals surface area contributed by atoms with Gasteiger partial charge in [0.1, 0.15) is 0 Å². The van der Waals surface area contributed by atoms with Gasteiger partial charge in [0.25, 0.3) is 0 Å². The van der Waals surface area contributed by atoms with Crippen LogP contribution in [-0.2, 0) is 14.8 Å². The number of hydrogen-bond acceptors (Lipinski definition) is 4. The summed E-state index contributed by atoms with van der Waals surface area (Å²) in [5.41, 5.74) is 0.948. The Hall–Kier alpha value is -1.15. The molecule has 1 heterocycles. The number of halogens is 1. The number of hydrogen-bond donors (Lipinski definition) is 1. The molecule has 1 N–H and O–H groups in total. The maximum absolute atomic E-state index is 12.2. The van der Waals surface area contributed by atoms with Crippen LogP contribution in [0, 0.1) is 0 Å². The van der Waals surface area contributed by atoms with Gasteiger partial charge in [-0.1, -0.05) is 29.8 Å². The van der Waals surface area contributed by atoms with Crippen molar-refractivity contribution in [2.24, 2.45) is 0 Å². The highest BCUT2D eigenvalue weighted by atomic mass is 35.5. The van der Waals surface area contributed by atoms with Crippen LogP contribution in [0.1, 0.15) is 18.5 Å². The Labute approximate surface area is 142 Å². The van der Waals surface area contributed by atoms with E-state index in [4.69, 9.17) is 11.6 Å². The van der Waals surface area contributed by atoms with E-state index in [1.54, 1.807) is 4.90 Å². The molecule has 1 fully saturated rings. The van der Waals surface area contributed by atoms with Crippen molar-refractivity contribution in [1.29, 1.82) is 0 Å². The molecule has 1 saturated heterocycles. The molecule has 1 unspecified atom stereocenters. The maximum atomic E-state index is 12.2. The topological polar surface area (TPSA) is 69.7 Å². The van der Waals surface area contributed by atoms with Gasteiger partial charge in [0, 0.05) is 37.2 Å². The summed E-state index contributed by atoms with van der Waals surface area (Å²) in [5, 5.41) is 3.84. The molecular weight excluding hydrogens is 338 g/mol. The number of nitrogens with one attached hydrogen (secondary N) is 1. The van der Waals surface area contributed by atoms with Crippen LogP contribution in [0.2, 0.25) is 5.02 Å². The van der Waals surface area contributed by atoms with Crippen LogP contribution in [0.3, 0.4) is 0 Å². The van der Waals surface area contributed by atoms with Crippen molar-refractivity contribution < 1.29 is 13.2 Å². The zero-order valence-corrected chi connectivity index (χ0v) is 14.9. The zero-order chi connectivity index (χ0) is 17.0. The van der Waals surface area contributed by atoms with Crippen LogP contribution in [0.5, 0.6) is 0 Å². The Balaban J connectivity index is 1.83. The first kappa shape index (κ1) is 18.2. The molecule has 1 aliphatic heterocycles. The second-order valence-electron chi connectivity index (χ2n) is 5.67. The standard InChI is InChI=1S/C15H22ClN3O3S/c1-12(13-5-3-4-6-14(13)16)17-11-15(20)18-7-9-19(10-8-18)23(2,21)22/h3-6,12,17H,7-11H2,1-2H3. The van der Waals surface area contributed by atoms with Gasteiger partial charge in [0.15, 0.2) is 0 Å². The summed E-state index contributed by atoms with van der Waals surface area (Å²) >= 11 is 6.14. The third kappa shape index (κ3) is 4.91. The first-order valence-electron chi connectivity index (χ1n) is 7.49. The summed E-state index contributed by atoms with van der Waals surface area (Å²) in [6.07, 6.45) is 1.19. The van der Waals surface area contributed by atoms with E-state index in [1.165, 1.54) is 10.6 Å². The summed E-state index contributed by atoms with van der Waals surface area (Å²) in [7, 11) is -3.18. The Kier molecular flexibility index (Phi) is 6.02. The molecule has 1 aliphatic rings. The Morgan fingerprint density at radius 1 is 1.26 bits per heavy atom. The van der Waals surface area contributed by atoms with Gasteiger partial charge in [-0.25, -0.2) is 8.42 Å². The normalized spacial score (nSPS) is 18.0. The fourth-order valence-electron chi connectivity index (χ4n) is 2.56. The van der Waals surface area contributed by atoms with E-state index in [0.29, 0.717) is 31.2 Å². The molecule has 0 aromatic heterocycles. The van der Waals surface area contributed by atoms with Crippen molar-refractivity contribution in [1.82, 2.24) is 14.5 Å². The fourth-order valence-corrected chi connectivity index (χ4v) is 3.68. The van der Waals surface area contributed by atoms with Crippen LogP contribution < -0.4 is 5.32 Å². The first-order valence-corrected chi connectivity index (χ1v) is 9.72. The van der Waals surface area contributed by atoms with Crippen molar-refractivity contribution >= 4 is 27.5 Å². The molecule has 2 rings (SSSR count). The van der Waals surface area contributed by atoms with E-state index in [1.807, 2.05) is 31.2 Å². The Bertz CT molecular complexity index is 658. The van der Waals surface area contributed by atoms with Gasteiger partial charge in [-0.15, -0.1) is 0 Å². The third-order valence-electron chi connectivity index (χ3n) is 3.99. The largest absolute Gasteiger partial charge is 0.339 e. The highest BCUT2D eigenvalue weighted by molar-refractivity contribution is 7.88. The van der Waals surface area contributed by atoms with Crippen LogP contribution in [0.4, 0.5) is 0 Å². The number of carbonyl (C=O) groups excluding carboxylic acids is 1. The number of sulfonamides is 1. The van der Waals surface area contributed by atoms with E-state index < -0.39 is 10.0 Å². The summed E-state index contributed by atoms with van der Waals surface area (Å²) in [4.78, 5) is 13.9. The minimum absolute atomic E-state index is 0.0305. The molecule has 0 bridgehead atoms. The summed E-state index contributed by atoms with van der Waals surface area (Å²) in [5.74, 6) is -0.0305. The van der Waals surface area contributed by atoms with Crippen LogP contribution in [-0.4, -0.2) is 62.5 Å². The van der Waals surface area contributed by atoms with E-state index in [-0.39, 0.29) is 18.5 Å². The SMILES string of the molecule is CC(NCC(=O)N1CCN(S(C)(=O)=O)CC1)c1ccccc1Cl. The second kappa shape index (κ2) is 7.61. The number of amides is 1. The van der Waals surface area contributed by atoms with Gasteiger partial charge >= 0.3 is 0 Å². The van der Waals surface area contributed by atoms with Crippen molar-refractivity contribution in [2.75, 3.05) is 39.0 Å². The van der Waals surface area contributed by atoms with Gasteiger partial charge in [-0.3, -0.25) is 4.79 Å². The molecular formula is C15H22ClN3O3S. The van der Waals surface area contributed by atoms with Crippen molar-refractivity contribution in [2.45, 2.75) is 13.0 Å². The average molecular weight is 360 g/mol. The van der Waals surface area contributed by atoms with E-state index in [2.05, 4.69) is 5.32 Å². The predicted molar refractivity (Wildman–Crippen MR) is 90.9 cm³/mol. The molecule has 1 aromatic carbocycles. The molecule has 1 amide bonds. The molecule has 1 atom stereocenters. The lowest BCUT2D eigenvalue weighted by Crippen LogP contribution is -2.52. The van der Waals surface area contributed by atoms with Crippen LogP contribution in [0.25, 0.3) is 0 Å². The number of benzene rings is 1. The van der Waals surface area contributed by atoms with E-state index >= 15 is 0 Å². The van der Waals surface area contributed by atoms with Gasteiger partial charge in [0.2, 0.25) is 15.9 Å². The molecule has 1 aromatic rings. The summed E-state index contributed by atoms with van der Waals surface area (Å²) in [6, 6.07) is 7.48. The molecule has 0 spiro atoms. The smallest absolute Gasteiger partial charge is 0.236 e. The lowest BCUT2D eigenvalue weighted by molar-refractivity contribution is -0.131. The predicted octanol–water partition coefficient (Wildman–Crippen LogP) is 1.09. The van der Waals surface area contributed by atoms with E-state index in [9.17, 15) is 13.2 Å². The Morgan fingerprint density at radius 3 is 2.43 bits per heavy atom. The van der Waals surface area contributed by atoms with Gasteiger partial charge in [-0.2, -0.15) is 4.31 Å². The molecule has 0 radical (unpaired) electrons. The quantitative estimate of drug-likeness (QED) is 0.854. The monoisotopic (exact) mass is 359 g/mol. The fraction of sp³-hybridized carbons (Fsp3) is 0.533. The molecule has 23 heavy (non-hydrogen) atoms. The molecule has 6 nitrogen and oxygen atoms in total. The number of rotatable bonds is 5. The van der Waals surface area contributed by atoms with Gasteiger partial charge in [-0.05, 0) is 18.6 Å². The highest BCUT2D eigenvalue weighted by Crippen LogP contribution is 2.21. The van der Waals surface area contributed by atoms with Gasteiger partial charge in [0.05, 0.1) is 12.8 Å². The van der Waals surface area contributed by atoms with Gasteiger partial charge < -0.3 is 10.2 Å². The molecule has 8 heteroatoms. The number of nitrogens with zero attached hydrogens (tertiary/aromatic N) is 2. The highest BCUT2D eigenvalue weighted by Gasteiger charge is 2.26. The van der Waals surface area contributed by atoms with Crippen molar-refractivity contribution in [3.05, 3.63) is 34.9 Å². The first-order chi connectivity index (χ1) is 10.8. The third-order valence-corrected chi connectivity index (χ3v) is 5.64. The maximum Gasteiger partial charge on any atom is 0.236 e. The minimum Gasteiger partial charge on any atom is -0.339 e.